The Bertz CT molecular complexity index is 487. The maximum atomic E-state index is 13.1. The first-order valence-electron chi connectivity index (χ1n) is 7.51. The van der Waals surface area contributed by atoms with Gasteiger partial charge in [-0.3, -0.25) is 0 Å². The summed E-state index contributed by atoms with van der Waals surface area (Å²) in [5.74, 6) is 0.525. The summed E-state index contributed by atoms with van der Waals surface area (Å²) < 4.78 is 20.0. The van der Waals surface area contributed by atoms with E-state index in [0.717, 1.165) is 18.7 Å². The Balaban J connectivity index is 1.74. The first-order chi connectivity index (χ1) is 9.65. The molecule has 2 saturated carbocycles. The highest BCUT2D eigenvalue weighted by atomic mass is 79.9. The van der Waals surface area contributed by atoms with Gasteiger partial charge in [0.2, 0.25) is 0 Å². The minimum atomic E-state index is -0.237. The van der Waals surface area contributed by atoms with Crippen LogP contribution in [0.3, 0.4) is 0 Å². The van der Waals surface area contributed by atoms with E-state index in [1.165, 1.54) is 37.8 Å². The van der Waals surface area contributed by atoms with Crippen molar-refractivity contribution in [1.82, 2.24) is 5.32 Å². The van der Waals surface area contributed by atoms with Crippen molar-refractivity contribution >= 4 is 15.9 Å². The van der Waals surface area contributed by atoms with Gasteiger partial charge in [0, 0.05) is 17.9 Å². The SMILES string of the molecule is CCNC1CC(Oc2ccc(F)cc2Br)C12CCCC2. The van der Waals surface area contributed by atoms with Gasteiger partial charge >= 0.3 is 0 Å². The van der Waals surface area contributed by atoms with Gasteiger partial charge in [0.15, 0.2) is 0 Å². The van der Waals surface area contributed by atoms with E-state index in [1.807, 2.05) is 0 Å². The lowest BCUT2D eigenvalue weighted by Crippen LogP contribution is -2.63. The van der Waals surface area contributed by atoms with Crippen LogP contribution in [0.2, 0.25) is 0 Å². The Labute approximate surface area is 128 Å². The Morgan fingerprint density at radius 3 is 2.80 bits per heavy atom. The molecule has 1 spiro atoms. The molecule has 3 rings (SSSR count). The van der Waals surface area contributed by atoms with Crippen LogP contribution in [-0.4, -0.2) is 18.7 Å². The molecule has 0 aliphatic heterocycles. The van der Waals surface area contributed by atoms with Crippen LogP contribution in [0, 0.1) is 11.2 Å². The molecule has 2 nitrogen and oxygen atoms in total. The van der Waals surface area contributed by atoms with E-state index in [9.17, 15) is 4.39 Å². The lowest BCUT2D eigenvalue weighted by atomic mass is 9.60. The van der Waals surface area contributed by atoms with Gasteiger partial charge in [-0.05, 0) is 53.5 Å². The van der Waals surface area contributed by atoms with Crippen molar-refractivity contribution in [3.8, 4) is 5.75 Å². The first kappa shape index (κ1) is 14.3. The van der Waals surface area contributed by atoms with E-state index in [4.69, 9.17) is 4.74 Å². The standard InChI is InChI=1S/C16H21BrFNO/c1-2-19-14-10-15(16(14)7-3-4-8-16)20-13-6-5-11(18)9-12(13)17/h5-6,9,14-15,19H,2-4,7-8,10H2,1H3. The summed E-state index contributed by atoms with van der Waals surface area (Å²) in [4.78, 5) is 0. The summed E-state index contributed by atoms with van der Waals surface area (Å²) >= 11 is 3.39. The van der Waals surface area contributed by atoms with Crippen LogP contribution < -0.4 is 10.1 Å². The van der Waals surface area contributed by atoms with Gasteiger partial charge in [0.1, 0.15) is 17.7 Å². The normalized spacial score (nSPS) is 27.6. The second-order valence-corrected chi connectivity index (χ2v) is 6.82. The number of benzene rings is 1. The zero-order chi connectivity index (χ0) is 14.2. The molecule has 0 radical (unpaired) electrons. The van der Waals surface area contributed by atoms with Crippen molar-refractivity contribution in [3.63, 3.8) is 0 Å². The number of ether oxygens (including phenoxy) is 1. The van der Waals surface area contributed by atoms with Crippen LogP contribution in [0.25, 0.3) is 0 Å². The minimum Gasteiger partial charge on any atom is -0.489 e. The van der Waals surface area contributed by atoms with Crippen LogP contribution in [-0.2, 0) is 0 Å². The third-order valence-corrected chi connectivity index (χ3v) is 5.55. The molecule has 0 aromatic heterocycles. The van der Waals surface area contributed by atoms with E-state index in [1.54, 1.807) is 6.07 Å². The van der Waals surface area contributed by atoms with Gasteiger partial charge < -0.3 is 10.1 Å². The minimum absolute atomic E-state index is 0.237. The van der Waals surface area contributed by atoms with E-state index in [2.05, 4.69) is 28.2 Å². The second kappa shape index (κ2) is 5.64. The molecule has 0 saturated heterocycles. The van der Waals surface area contributed by atoms with Crippen molar-refractivity contribution in [2.24, 2.45) is 5.41 Å². The lowest BCUT2D eigenvalue weighted by molar-refractivity contribution is -0.0759. The van der Waals surface area contributed by atoms with E-state index < -0.39 is 0 Å². The van der Waals surface area contributed by atoms with Crippen LogP contribution in [0.1, 0.15) is 39.0 Å². The maximum absolute atomic E-state index is 13.1. The molecule has 4 heteroatoms. The summed E-state index contributed by atoms with van der Waals surface area (Å²) in [5, 5.41) is 3.60. The number of rotatable bonds is 4. The number of hydrogen-bond donors (Lipinski definition) is 1. The molecule has 2 aliphatic carbocycles. The van der Waals surface area contributed by atoms with Crippen molar-refractivity contribution in [2.45, 2.75) is 51.2 Å². The summed E-state index contributed by atoms with van der Waals surface area (Å²) in [6.07, 6.45) is 6.40. The van der Waals surface area contributed by atoms with Crippen LogP contribution in [0.15, 0.2) is 22.7 Å². The van der Waals surface area contributed by atoms with Crippen molar-refractivity contribution in [3.05, 3.63) is 28.5 Å². The molecule has 20 heavy (non-hydrogen) atoms. The second-order valence-electron chi connectivity index (χ2n) is 5.97. The Morgan fingerprint density at radius 1 is 1.40 bits per heavy atom. The molecule has 0 bridgehead atoms. The Hall–Kier alpha value is -0.610. The molecule has 1 N–H and O–H groups in total. The number of halogens is 2. The van der Waals surface area contributed by atoms with Crippen LogP contribution >= 0.6 is 15.9 Å². The van der Waals surface area contributed by atoms with E-state index in [0.29, 0.717) is 15.9 Å². The molecule has 2 fully saturated rings. The first-order valence-corrected chi connectivity index (χ1v) is 8.30. The highest BCUT2D eigenvalue weighted by molar-refractivity contribution is 9.10. The molecule has 1 aromatic carbocycles. The molecular weight excluding hydrogens is 321 g/mol. The van der Waals surface area contributed by atoms with Gasteiger partial charge in [-0.25, -0.2) is 4.39 Å². The van der Waals surface area contributed by atoms with Gasteiger partial charge in [-0.15, -0.1) is 0 Å². The molecule has 2 atom stereocenters. The average molecular weight is 342 g/mol. The van der Waals surface area contributed by atoms with Crippen molar-refractivity contribution < 1.29 is 9.13 Å². The summed E-state index contributed by atoms with van der Waals surface area (Å²) in [6.45, 7) is 3.17. The fraction of sp³-hybridized carbons (Fsp3) is 0.625. The molecule has 110 valence electrons. The average Bonchev–Trinajstić information content (AvgIpc) is 2.92. The van der Waals surface area contributed by atoms with Crippen molar-refractivity contribution in [1.29, 1.82) is 0 Å². The molecule has 2 unspecified atom stereocenters. The fourth-order valence-corrected chi connectivity index (χ4v) is 4.32. The van der Waals surface area contributed by atoms with E-state index in [-0.39, 0.29) is 11.9 Å². The van der Waals surface area contributed by atoms with Crippen LogP contribution in [0.5, 0.6) is 5.75 Å². The fourth-order valence-electron chi connectivity index (χ4n) is 3.87. The Kier molecular flexibility index (Phi) is 4.04. The highest BCUT2D eigenvalue weighted by Gasteiger charge is 2.57. The number of nitrogens with one attached hydrogen (secondary N) is 1. The molecule has 2 aliphatic rings. The largest absolute Gasteiger partial charge is 0.489 e. The monoisotopic (exact) mass is 341 g/mol. The predicted octanol–water partition coefficient (Wildman–Crippen LogP) is 4.28. The molecule has 1 aromatic rings. The Morgan fingerprint density at radius 2 is 2.15 bits per heavy atom. The van der Waals surface area contributed by atoms with Crippen molar-refractivity contribution in [2.75, 3.05) is 6.54 Å². The summed E-state index contributed by atoms with van der Waals surface area (Å²) in [6, 6.07) is 5.24. The summed E-state index contributed by atoms with van der Waals surface area (Å²) in [5.41, 5.74) is 0.295. The molecular formula is C16H21BrFNO. The van der Waals surface area contributed by atoms with Gasteiger partial charge in [-0.1, -0.05) is 19.8 Å². The third kappa shape index (κ3) is 2.37. The molecule has 0 heterocycles. The third-order valence-electron chi connectivity index (χ3n) is 4.93. The molecule has 0 amide bonds. The quantitative estimate of drug-likeness (QED) is 0.882. The number of hydrogen-bond acceptors (Lipinski definition) is 2. The van der Waals surface area contributed by atoms with Gasteiger partial charge in [0.05, 0.1) is 4.47 Å². The summed E-state index contributed by atoms with van der Waals surface area (Å²) in [7, 11) is 0. The van der Waals surface area contributed by atoms with Gasteiger partial charge in [-0.2, -0.15) is 0 Å². The smallest absolute Gasteiger partial charge is 0.134 e. The van der Waals surface area contributed by atoms with E-state index >= 15 is 0 Å². The zero-order valence-electron chi connectivity index (χ0n) is 11.8. The van der Waals surface area contributed by atoms with Crippen LogP contribution in [0.4, 0.5) is 4.39 Å². The topological polar surface area (TPSA) is 21.3 Å². The highest BCUT2D eigenvalue weighted by Crippen LogP contribution is 2.55. The lowest BCUT2D eigenvalue weighted by Gasteiger charge is -2.54. The van der Waals surface area contributed by atoms with Gasteiger partial charge in [0.25, 0.3) is 0 Å². The predicted molar refractivity (Wildman–Crippen MR) is 81.5 cm³/mol. The maximum Gasteiger partial charge on any atom is 0.134 e. The zero-order valence-corrected chi connectivity index (χ0v) is 13.4.